The van der Waals surface area contributed by atoms with Gasteiger partial charge in [0.05, 0.1) is 19.0 Å². The average Bonchev–Trinajstić information content (AvgIpc) is 3.01. The summed E-state index contributed by atoms with van der Waals surface area (Å²) in [6.45, 7) is 0.239. The largest absolute Gasteiger partial charge is 0.508 e. The van der Waals surface area contributed by atoms with Crippen LogP contribution >= 0.6 is 0 Å². The second-order valence-corrected chi connectivity index (χ2v) is 9.84. The summed E-state index contributed by atoms with van der Waals surface area (Å²) in [7, 11) is 0. The molecule has 4 aromatic rings. The van der Waals surface area contributed by atoms with Gasteiger partial charge in [0.1, 0.15) is 11.6 Å². The van der Waals surface area contributed by atoms with Gasteiger partial charge in [-0.3, -0.25) is 14.4 Å². The Morgan fingerprint density at radius 1 is 0.870 bits per heavy atom. The molecule has 0 aliphatic carbocycles. The number of aromatic hydroxyl groups is 1. The summed E-state index contributed by atoms with van der Waals surface area (Å²) >= 11 is 0. The van der Waals surface area contributed by atoms with Gasteiger partial charge in [-0.2, -0.15) is 13.2 Å². The number of phenolic OH excluding ortho intramolecular Hbond substituents is 1. The summed E-state index contributed by atoms with van der Waals surface area (Å²) in [6.07, 6.45) is -3.09. The number of carboxylic acids is 2. The summed E-state index contributed by atoms with van der Waals surface area (Å²) in [6, 6.07) is 23.3. The molecule has 0 aliphatic heterocycles. The minimum absolute atomic E-state index is 0.128. The number of aromatic nitrogens is 1. The molecule has 4 rings (SSSR count). The lowest BCUT2D eigenvalue weighted by Gasteiger charge is -2.20. The van der Waals surface area contributed by atoms with Crippen LogP contribution in [0, 0.1) is 0 Å². The van der Waals surface area contributed by atoms with Gasteiger partial charge < -0.3 is 31.3 Å². The van der Waals surface area contributed by atoms with Crippen LogP contribution in [0.2, 0.25) is 0 Å². The minimum Gasteiger partial charge on any atom is -0.508 e. The fraction of sp³-hybridized carbons (Fsp3) is 0.219. The first kappa shape index (κ1) is 34.8. The van der Waals surface area contributed by atoms with E-state index in [1.54, 1.807) is 24.4 Å². The molecule has 14 heteroatoms. The van der Waals surface area contributed by atoms with E-state index < -0.39 is 36.5 Å². The molecule has 3 aromatic carbocycles. The fourth-order valence-electron chi connectivity index (χ4n) is 4.34. The number of hydrogen-bond acceptors (Lipinski definition) is 7. The number of benzene rings is 3. The molecule has 11 nitrogen and oxygen atoms in total. The number of carbonyl (C=O) groups is 4. The third-order valence-electron chi connectivity index (χ3n) is 6.46. The number of halogens is 3. The molecular weight excluding hydrogens is 609 g/mol. The highest BCUT2D eigenvalue weighted by molar-refractivity contribution is 5.97. The highest BCUT2D eigenvalue weighted by Crippen LogP contribution is 2.34. The van der Waals surface area contributed by atoms with Crippen molar-refractivity contribution in [2.75, 3.05) is 18.4 Å². The van der Waals surface area contributed by atoms with Crippen molar-refractivity contribution in [3.8, 4) is 16.9 Å². The zero-order valence-electron chi connectivity index (χ0n) is 24.3. The van der Waals surface area contributed by atoms with E-state index in [0.717, 1.165) is 27.7 Å². The number of phenols is 1. The highest BCUT2D eigenvalue weighted by Gasteiger charge is 2.38. The van der Waals surface area contributed by atoms with Crippen molar-refractivity contribution >= 4 is 40.3 Å². The van der Waals surface area contributed by atoms with E-state index in [1.807, 2.05) is 60.7 Å². The van der Waals surface area contributed by atoms with Crippen molar-refractivity contribution in [1.29, 1.82) is 0 Å². The number of pyridine rings is 1. The maximum atomic E-state index is 12.6. The van der Waals surface area contributed by atoms with Crippen LogP contribution in [0.15, 0.2) is 85.1 Å². The lowest BCUT2D eigenvalue weighted by molar-refractivity contribution is -0.192. The molecule has 0 saturated carbocycles. The second kappa shape index (κ2) is 16.4. The minimum atomic E-state index is -5.08. The number of carboxylic acid groups (broad SMARTS) is 2. The summed E-state index contributed by atoms with van der Waals surface area (Å²) in [4.78, 5) is 49.2. The molecule has 0 radical (unpaired) electrons. The number of alkyl halides is 3. The van der Waals surface area contributed by atoms with E-state index in [-0.39, 0.29) is 30.2 Å². The van der Waals surface area contributed by atoms with Crippen molar-refractivity contribution < 1.29 is 47.7 Å². The molecular formula is C32H31F3N4O7. The standard InChI is InChI=1S/C30H30N4O5.C2HF3O2/c35-26-17-21(23-10-5-8-20-7-1-2-9-22(20)23)13-14-24(26)25(18-30(38)39)34-29(37)19-33-28(36)12-6-16-32-27-11-3-4-15-31-27;3-2(4,5)1(6)7/h1-5,7-11,13-15,17,25,35H,6,12,16,18-19H2,(H,31,32)(H,33,36)(H,34,37)(H,38,39);(H,6,7). The van der Waals surface area contributed by atoms with E-state index in [9.17, 15) is 37.8 Å². The third-order valence-corrected chi connectivity index (χ3v) is 6.46. The summed E-state index contributed by atoms with van der Waals surface area (Å²) < 4.78 is 31.7. The molecule has 0 spiro atoms. The summed E-state index contributed by atoms with van der Waals surface area (Å²) in [5.74, 6) is -4.16. The van der Waals surface area contributed by atoms with Gasteiger partial charge in [0.2, 0.25) is 11.8 Å². The lowest BCUT2D eigenvalue weighted by Crippen LogP contribution is -2.39. The van der Waals surface area contributed by atoms with Crippen molar-refractivity contribution in [2.45, 2.75) is 31.5 Å². The molecule has 1 heterocycles. The van der Waals surface area contributed by atoms with Crippen LogP contribution in [0.5, 0.6) is 5.75 Å². The van der Waals surface area contributed by atoms with Crippen molar-refractivity contribution in [3.05, 3.63) is 90.6 Å². The van der Waals surface area contributed by atoms with Crippen LogP contribution < -0.4 is 16.0 Å². The van der Waals surface area contributed by atoms with Gasteiger partial charge in [-0.05, 0) is 46.5 Å². The fourth-order valence-corrected chi connectivity index (χ4v) is 4.34. The molecule has 1 aromatic heterocycles. The van der Waals surface area contributed by atoms with Crippen LogP contribution in [-0.4, -0.2) is 63.3 Å². The molecule has 1 unspecified atom stereocenters. The van der Waals surface area contributed by atoms with Crippen molar-refractivity contribution in [1.82, 2.24) is 15.6 Å². The second-order valence-electron chi connectivity index (χ2n) is 9.84. The molecule has 1 atom stereocenters. The lowest BCUT2D eigenvalue weighted by atomic mass is 9.95. The van der Waals surface area contributed by atoms with Gasteiger partial charge >= 0.3 is 18.1 Å². The first-order chi connectivity index (χ1) is 21.8. The Morgan fingerprint density at radius 2 is 1.57 bits per heavy atom. The molecule has 242 valence electrons. The topological polar surface area (TPSA) is 178 Å². The number of rotatable bonds is 12. The quantitative estimate of drug-likeness (QED) is 0.118. The van der Waals surface area contributed by atoms with Crippen LogP contribution in [0.3, 0.4) is 0 Å². The molecule has 2 amide bonds. The van der Waals surface area contributed by atoms with Crippen LogP contribution in [0.4, 0.5) is 19.0 Å². The number of aliphatic carboxylic acids is 2. The number of fused-ring (bicyclic) bond motifs is 1. The maximum absolute atomic E-state index is 12.6. The normalized spacial score (nSPS) is 11.5. The smallest absolute Gasteiger partial charge is 0.490 e. The van der Waals surface area contributed by atoms with E-state index in [0.29, 0.717) is 13.0 Å². The molecule has 0 saturated heterocycles. The monoisotopic (exact) mass is 640 g/mol. The predicted octanol–water partition coefficient (Wildman–Crippen LogP) is 4.88. The number of carbonyl (C=O) groups excluding carboxylic acids is 2. The van der Waals surface area contributed by atoms with E-state index >= 15 is 0 Å². The Morgan fingerprint density at radius 3 is 2.22 bits per heavy atom. The van der Waals surface area contributed by atoms with Gasteiger partial charge in [-0.1, -0.05) is 60.7 Å². The van der Waals surface area contributed by atoms with Gasteiger partial charge in [0, 0.05) is 24.7 Å². The van der Waals surface area contributed by atoms with E-state index in [2.05, 4.69) is 20.9 Å². The summed E-state index contributed by atoms with van der Waals surface area (Å²) in [5, 5.41) is 37.7. The molecule has 0 fully saturated rings. The number of nitrogens with zero attached hydrogens (tertiary/aromatic N) is 1. The maximum Gasteiger partial charge on any atom is 0.490 e. The number of amides is 2. The van der Waals surface area contributed by atoms with Crippen molar-refractivity contribution in [3.63, 3.8) is 0 Å². The molecule has 0 bridgehead atoms. The predicted molar refractivity (Wildman–Crippen MR) is 163 cm³/mol. The highest BCUT2D eigenvalue weighted by atomic mass is 19.4. The number of nitrogens with one attached hydrogen (secondary N) is 3. The Balaban J connectivity index is 0.000000738. The SMILES string of the molecule is O=C(O)C(F)(F)F.O=C(O)CC(NC(=O)CNC(=O)CCCNc1ccccn1)c1ccc(-c2cccc3ccccc23)cc1O. The van der Waals surface area contributed by atoms with Gasteiger partial charge in [0.15, 0.2) is 0 Å². The first-order valence-electron chi connectivity index (χ1n) is 13.9. The zero-order valence-corrected chi connectivity index (χ0v) is 24.3. The Bertz CT molecular complexity index is 1660. The Kier molecular flexibility index (Phi) is 12.4. The van der Waals surface area contributed by atoms with Gasteiger partial charge in [-0.15, -0.1) is 0 Å². The van der Waals surface area contributed by atoms with Crippen LogP contribution in [-0.2, 0) is 19.2 Å². The number of anilines is 1. The number of hydrogen-bond donors (Lipinski definition) is 6. The zero-order chi connectivity index (χ0) is 33.7. The third kappa shape index (κ3) is 10.8. The van der Waals surface area contributed by atoms with Crippen LogP contribution in [0.1, 0.15) is 30.9 Å². The Labute approximate surface area is 261 Å². The summed E-state index contributed by atoms with van der Waals surface area (Å²) in [5.41, 5.74) is 1.96. The van der Waals surface area contributed by atoms with E-state index in [1.165, 1.54) is 0 Å². The van der Waals surface area contributed by atoms with Gasteiger partial charge in [-0.25, -0.2) is 9.78 Å². The van der Waals surface area contributed by atoms with Crippen LogP contribution in [0.25, 0.3) is 21.9 Å². The van der Waals surface area contributed by atoms with Gasteiger partial charge in [0.25, 0.3) is 0 Å². The average molecular weight is 641 g/mol. The van der Waals surface area contributed by atoms with Crippen molar-refractivity contribution in [2.24, 2.45) is 0 Å². The molecule has 6 N–H and O–H groups in total. The molecule has 46 heavy (non-hydrogen) atoms. The molecule has 0 aliphatic rings. The Hall–Kier alpha value is -5.66. The van der Waals surface area contributed by atoms with E-state index in [4.69, 9.17) is 9.90 Å². The first-order valence-corrected chi connectivity index (χ1v) is 13.9.